The van der Waals surface area contributed by atoms with Gasteiger partial charge in [-0.1, -0.05) is 12.1 Å². The number of sulfonamides is 1. The molecule has 1 N–H and O–H groups in total. The molecule has 2 aromatic rings. The lowest BCUT2D eigenvalue weighted by Gasteiger charge is -2.37. The number of halogens is 2. The third-order valence-electron chi connectivity index (χ3n) is 7.01. The van der Waals surface area contributed by atoms with Crippen LogP contribution in [0.5, 0.6) is 0 Å². The van der Waals surface area contributed by atoms with Gasteiger partial charge >= 0.3 is 0 Å². The SMILES string of the molecule is CNCCC[C@@H](C(=O)N1CCN(S(C)(=O)=O)CC1)N(C)C(=O)c1ccc(F)cc1.Fc1ccc(C2CC2)cc1.[HH]. The van der Waals surface area contributed by atoms with Gasteiger partial charge in [-0.25, -0.2) is 17.2 Å². The van der Waals surface area contributed by atoms with Crippen LogP contribution in [0.2, 0.25) is 0 Å². The first kappa shape index (κ1) is 30.6. The Kier molecular flexibility index (Phi) is 11.0. The molecule has 4 rings (SSSR count). The number of amides is 2. The van der Waals surface area contributed by atoms with Crippen LogP contribution in [0.1, 0.15) is 48.9 Å². The van der Waals surface area contributed by atoms with E-state index in [1.165, 1.54) is 64.0 Å². The van der Waals surface area contributed by atoms with Crippen LogP contribution >= 0.6 is 0 Å². The number of hydrogen-bond acceptors (Lipinski definition) is 5. The monoisotopic (exact) mass is 566 g/mol. The quantitative estimate of drug-likeness (QED) is 0.471. The fourth-order valence-electron chi connectivity index (χ4n) is 4.50. The minimum atomic E-state index is -3.29. The Morgan fingerprint density at radius 3 is 2.03 bits per heavy atom. The standard InChI is InChI=1S/C19H29FN4O4S.C9H9F.H2/c1-21-10-4-5-17(22(2)18(25)15-6-8-16(20)9-7-15)19(26)23-11-13-24(14-12-23)29(3,27)28;10-9-5-3-8(4-6-9)7-1-2-7;/h6-9,17,21H,4-5,10-14H2,1-3H3;3-7H,1-2H2;1H/t17-;;/m0../s1. The summed E-state index contributed by atoms with van der Waals surface area (Å²) in [4.78, 5) is 29.0. The van der Waals surface area contributed by atoms with E-state index in [0.717, 1.165) is 12.2 Å². The zero-order valence-corrected chi connectivity index (χ0v) is 23.6. The first-order valence-corrected chi connectivity index (χ1v) is 15.0. The molecule has 1 atom stereocenters. The highest BCUT2D eigenvalue weighted by Crippen LogP contribution is 2.39. The lowest BCUT2D eigenvalue weighted by atomic mass is 10.1. The molecule has 2 aliphatic rings. The summed E-state index contributed by atoms with van der Waals surface area (Å²) in [6.45, 7) is 1.75. The first-order chi connectivity index (χ1) is 18.5. The van der Waals surface area contributed by atoms with E-state index in [0.29, 0.717) is 24.9 Å². The Balaban J connectivity index is 0.000000423. The second-order valence-corrected chi connectivity index (χ2v) is 12.0. The Morgan fingerprint density at radius 2 is 1.54 bits per heavy atom. The minimum absolute atomic E-state index is 0. The van der Waals surface area contributed by atoms with Gasteiger partial charge in [0.1, 0.15) is 17.7 Å². The topological polar surface area (TPSA) is 90.0 Å². The normalized spacial score (nSPS) is 16.7. The number of likely N-dealkylation sites (N-methyl/N-ethyl adjacent to an activating group) is 1. The van der Waals surface area contributed by atoms with Crippen LogP contribution in [-0.4, -0.2) is 93.5 Å². The summed E-state index contributed by atoms with van der Waals surface area (Å²) in [6.07, 6.45) is 4.88. The zero-order chi connectivity index (χ0) is 28.6. The summed E-state index contributed by atoms with van der Waals surface area (Å²) in [6, 6.07) is 11.4. The molecule has 11 heteroatoms. The maximum atomic E-state index is 13.2. The van der Waals surface area contributed by atoms with E-state index in [-0.39, 0.29) is 45.2 Å². The van der Waals surface area contributed by atoms with Crippen molar-refractivity contribution in [2.75, 3.05) is 53.1 Å². The predicted octanol–water partition coefficient (Wildman–Crippen LogP) is 3.32. The molecule has 0 bridgehead atoms. The summed E-state index contributed by atoms with van der Waals surface area (Å²) in [5.74, 6) is -0.394. The van der Waals surface area contributed by atoms with E-state index in [1.54, 1.807) is 11.9 Å². The number of hydrogen-bond donors (Lipinski definition) is 1. The Labute approximate surface area is 231 Å². The third kappa shape index (κ3) is 9.08. The molecule has 216 valence electrons. The van der Waals surface area contributed by atoms with Crippen LogP contribution < -0.4 is 5.32 Å². The van der Waals surface area contributed by atoms with Crippen molar-refractivity contribution in [1.29, 1.82) is 0 Å². The number of carbonyl (C=O) groups is 2. The highest BCUT2D eigenvalue weighted by atomic mass is 32.2. The van der Waals surface area contributed by atoms with Crippen molar-refractivity contribution in [3.8, 4) is 0 Å². The summed E-state index contributed by atoms with van der Waals surface area (Å²) in [5.41, 5.74) is 1.60. The third-order valence-corrected chi connectivity index (χ3v) is 8.31. The highest BCUT2D eigenvalue weighted by Gasteiger charge is 2.33. The number of nitrogens with one attached hydrogen (secondary N) is 1. The Hall–Kier alpha value is -2.89. The van der Waals surface area contributed by atoms with Gasteiger partial charge in [0.2, 0.25) is 15.9 Å². The van der Waals surface area contributed by atoms with Crippen molar-refractivity contribution in [1.82, 2.24) is 19.4 Å². The van der Waals surface area contributed by atoms with Gasteiger partial charge in [-0.3, -0.25) is 9.59 Å². The molecule has 8 nitrogen and oxygen atoms in total. The van der Waals surface area contributed by atoms with E-state index < -0.39 is 21.9 Å². The van der Waals surface area contributed by atoms with Gasteiger partial charge in [0.25, 0.3) is 5.91 Å². The molecule has 0 radical (unpaired) electrons. The smallest absolute Gasteiger partial charge is 0.254 e. The van der Waals surface area contributed by atoms with Crippen molar-refractivity contribution < 1.29 is 28.2 Å². The second-order valence-electron chi connectivity index (χ2n) is 10.00. The average Bonchev–Trinajstić information content (AvgIpc) is 3.77. The fourth-order valence-corrected chi connectivity index (χ4v) is 5.32. The number of rotatable bonds is 9. The maximum Gasteiger partial charge on any atom is 0.254 e. The van der Waals surface area contributed by atoms with Crippen molar-refractivity contribution in [3.05, 3.63) is 71.3 Å². The summed E-state index contributed by atoms with van der Waals surface area (Å²) in [7, 11) is 0.0937. The van der Waals surface area contributed by atoms with Gasteiger partial charge in [0.05, 0.1) is 6.26 Å². The molecular formula is C28H40F2N4O4S. The molecule has 39 heavy (non-hydrogen) atoms. The van der Waals surface area contributed by atoms with Crippen molar-refractivity contribution in [3.63, 3.8) is 0 Å². The fraction of sp³-hybridized carbons (Fsp3) is 0.500. The average molecular weight is 567 g/mol. The minimum Gasteiger partial charge on any atom is -0.338 e. The van der Waals surface area contributed by atoms with Crippen molar-refractivity contribution in [2.45, 2.75) is 37.6 Å². The van der Waals surface area contributed by atoms with Gasteiger partial charge in [-0.05, 0) is 87.2 Å². The zero-order valence-electron chi connectivity index (χ0n) is 22.8. The predicted molar refractivity (Wildman–Crippen MR) is 149 cm³/mol. The Morgan fingerprint density at radius 1 is 1.00 bits per heavy atom. The molecule has 0 aromatic heterocycles. The number of piperazine rings is 1. The molecule has 2 fully saturated rings. The van der Waals surface area contributed by atoms with E-state index in [9.17, 15) is 26.8 Å². The van der Waals surface area contributed by atoms with Crippen LogP contribution in [0, 0.1) is 11.6 Å². The lowest BCUT2D eigenvalue weighted by molar-refractivity contribution is -0.137. The first-order valence-electron chi connectivity index (χ1n) is 13.2. The summed E-state index contributed by atoms with van der Waals surface area (Å²) < 4.78 is 50.3. The number of carbonyl (C=O) groups excluding carboxylic acids is 2. The van der Waals surface area contributed by atoms with E-state index in [2.05, 4.69) is 5.32 Å². The highest BCUT2D eigenvalue weighted by molar-refractivity contribution is 7.88. The Bertz CT molecular complexity index is 1200. The molecule has 1 saturated carbocycles. The van der Waals surface area contributed by atoms with Crippen LogP contribution in [0.25, 0.3) is 0 Å². The number of nitrogens with zero attached hydrogens (tertiary/aromatic N) is 3. The van der Waals surface area contributed by atoms with Crippen molar-refractivity contribution >= 4 is 21.8 Å². The molecule has 0 spiro atoms. The molecule has 1 heterocycles. The summed E-state index contributed by atoms with van der Waals surface area (Å²) >= 11 is 0. The van der Waals surface area contributed by atoms with Crippen LogP contribution in [0.4, 0.5) is 8.78 Å². The van der Waals surface area contributed by atoms with Crippen LogP contribution in [-0.2, 0) is 14.8 Å². The number of benzene rings is 2. The molecule has 1 aliphatic heterocycles. The summed E-state index contributed by atoms with van der Waals surface area (Å²) in [5, 5.41) is 3.03. The van der Waals surface area contributed by atoms with Gasteiger partial charge in [-0.15, -0.1) is 0 Å². The van der Waals surface area contributed by atoms with E-state index in [4.69, 9.17) is 0 Å². The van der Waals surface area contributed by atoms with E-state index in [1.807, 2.05) is 19.2 Å². The van der Waals surface area contributed by atoms with Crippen LogP contribution in [0.3, 0.4) is 0 Å². The molecular weight excluding hydrogens is 526 g/mol. The van der Waals surface area contributed by atoms with E-state index >= 15 is 0 Å². The van der Waals surface area contributed by atoms with Crippen LogP contribution in [0.15, 0.2) is 48.5 Å². The van der Waals surface area contributed by atoms with Gasteiger partial charge < -0.3 is 15.1 Å². The molecule has 1 aliphatic carbocycles. The molecule has 2 amide bonds. The second kappa shape index (κ2) is 14.0. The molecule has 1 saturated heterocycles. The lowest BCUT2D eigenvalue weighted by Crippen LogP contribution is -2.56. The van der Waals surface area contributed by atoms with Gasteiger partial charge in [0.15, 0.2) is 0 Å². The maximum absolute atomic E-state index is 13.2. The molecule has 0 unspecified atom stereocenters. The van der Waals surface area contributed by atoms with Crippen molar-refractivity contribution in [2.24, 2.45) is 0 Å². The van der Waals surface area contributed by atoms with Gasteiger partial charge in [0, 0.05) is 40.2 Å². The van der Waals surface area contributed by atoms with Gasteiger partial charge in [-0.2, -0.15) is 4.31 Å². The molecule has 2 aromatic carbocycles. The largest absolute Gasteiger partial charge is 0.338 e.